The van der Waals surface area contributed by atoms with Crippen LogP contribution in [0, 0.1) is 5.92 Å². The molecule has 1 heterocycles. The Morgan fingerprint density at radius 2 is 1.77 bits per heavy atom. The minimum absolute atomic E-state index is 0.0133. The molecule has 3 unspecified atom stereocenters. The molecule has 2 rings (SSSR count). The lowest BCUT2D eigenvalue weighted by atomic mass is 9.92. The first-order valence-electron chi connectivity index (χ1n) is 8.27. The number of aliphatic hydroxyl groups is 1. The normalized spacial score (nSPS) is 20.3. The number of likely N-dealkylation sites (tertiary alicyclic amines) is 1. The van der Waals surface area contributed by atoms with Crippen molar-refractivity contribution in [3.63, 3.8) is 0 Å². The van der Waals surface area contributed by atoms with E-state index in [9.17, 15) is 9.90 Å². The van der Waals surface area contributed by atoms with Gasteiger partial charge in [-0.3, -0.25) is 0 Å². The summed E-state index contributed by atoms with van der Waals surface area (Å²) in [7, 11) is 0. The fourth-order valence-electron chi connectivity index (χ4n) is 3.04. The van der Waals surface area contributed by atoms with Crippen molar-refractivity contribution in [2.24, 2.45) is 5.92 Å². The summed E-state index contributed by atoms with van der Waals surface area (Å²) in [6.45, 7) is 7.49. The zero-order valence-corrected chi connectivity index (χ0v) is 13.8. The second-order valence-corrected chi connectivity index (χ2v) is 6.50. The summed E-state index contributed by atoms with van der Waals surface area (Å²) in [5.74, 6) is 0.602. The molecule has 1 fully saturated rings. The molecule has 1 saturated heterocycles. The molecular weight excluding hydrogens is 276 g/mol. The van der Waals surface area contributed by atoms with Crippen molar-refractivity contribution in [1.82, 2.24) is 10.2 Å². The highest BCUT2D eigenvalue weighted by Gasteiger charge is 2.26. The van der Waals surface area contributed by atoms with Crippen LogP contribution in [0.2, 0.25) is 0 Å². The lowest BCUT2D eigenvalue weighted by Crippen LogP contribution is -2.49. The molecular formula is C18H28N2O2. The molecule has 1 aliphatic heterocycles. The number of aliphatic hydroxyl groups excluding tert-OH is 1. The van der Waals surface area contributed by atoms with Crippen LogP contribution in [0.4, 0.5) is 4.79 Å². The molecule has 0 radical (unpaired) electrons. The molecule has 0 aliphatic carbocycles. The van der Waals surface area contributed by atoms with E-state index in [0.717, 1.165) is 25.9 Å². The number of nitrogens with zero attached hydrogens (tertiary/aromatic N) is 1. The van der Waals surface area contributed by atoms with Crippen molar-refractivity contribution in [2.45, 2.75) is 51.7 Å². The van der Waals surface area contributed by atoms with Crippen LogP contribution in [0.15, 0.2) is 30.3 Å². The molecule has 122 valence electrons. The van der Waals surface area contributed by atoms with Crippen molar-refractivity contribution in [1.29, 1.82) is 0 Å². The van der Waals surface area contributed by atoms with Gasteiger partial charge in [0.05, 0.1) is 6.10 Å². The van der Waals surface area contributed by atoms with Crippen LogP contribution in [0.3, 0.4) is 0 Å². The molecule has 1 aromatic carbocycles. The number of hydrogen-bond acceptors (Lipinski definition) is 2. The molecule has 0 aromatic heterocycles. The van der Waals surface area contributed by atoms with E-state index >= 15 is 0 Å². The Balaban J connectivity index is 1.84. The fraction of sp³-hybridized carbons (Fsp3) is 0.611. The van der Waals surface area contributed by atoms with Gasteiger partial charge in [-0.15, -0.1) is 0 Å². The molecule has 1 aliphatic rings. The Hall–Kier alpha value is -1.55. The van der Waals surface area contributed by atoms with Gasteiger partial charge in [-0.1, -0.05) is 37.3 Å². The maximum absolute atomic E-state index is 12.4. The number of urea groups is 1. The molecule has 2 N–H and O–H groups in total. The summed E-state index contributed by atoms with van der Waals surface area (Å²) in [5.41, 5.74) is 1.24. The number of carbonyl (C=O) groups excluding carboxylic acids is 1. The first-order valence-corrected chi connectivity index (χ1v) is 8.27. The molecule has 1 aromatic rings. The van der Waals surface area contributed by atoms with E-state index in [1.54, 1.807) is 0 Å². The molecule has 0 bridgehead atoms. The number of rotatable bonds is 4. The maximum Gasteiger partial charge on any atom is 0.317 e. The van der Waals surface area contributed by atoms with E-state index in [4.69, 9.17) is 0 Å². The van der Waals surface area contributed by atoms with Gasteiger partial charge in [-0.2, -0.15) is 0 Å². The zero-order valence-electron chi connectivity index (χ0n) is 13.8. The molecule has 0 spiro atoms. The van der Waals surface area contributed by atoms with Crippen LogP contribution in [0.5, 0.6) is 0 Å². The smallest absolute Gasteiger partial charge is 0.317 e. The minimum Gasteiger partial charge on any atom is -0.393 e. The number of piperidine rings is 1. The predicted molar refractivity (Wildman–Crippen MR) is 88.8 cm³/mol. The first kappa shape index (κ1) is 16.8. The van der Waals surface area contributed by atoms with Crippen LogP contribution in [-0.2, 0) is 0 Å². The van der Waals surface area contributed by atoms with Crippen LogP contribution < -0.4 is 5.32 Å². The Morgan fingerprint density at radius 1 is 1.18 bits per heavy atom. The van der Waals surface area contributed by atoms with Gasteiger partial charge >= 0.3 is 6.03 Å². The number of amides is 2. The van der Waals surface area contributed by atoms with E-state index in [-0.39, 0.29) is 24.1 Å². The largest absolute Gasteiger partial charge is 0.393 e. The standard InChI is InChI=1S/C18H28N2O2/c1-13(16-7-5-4-6-8-16)14(2)19-18(22)20-11-9-17(10-12-20)15(3)21/h4-8,13-15,17,21H,9-12H2,1-3H3,(H,19,22). The maximum atomic E-state index is 12.4. The summed E-state index contributed by atoms with van der Waals surface area (Å²) in [6.07, 6.45) is 1.49. The Bertz CT molecular complexity index is 467. The second-order valence-electron chi connectivity index (χ2n) is 6.50. The quantitative estimate of drug-likeness (QED) is 0.898. The van der Waals surface area contributed by atoms with Gasteiger partial charge in [0.2, 0.25) is 0 Å². The zero-order chi connectivity index (χ0) is 16.1. The van der Waals surface area contributed by atoms with Crippen molar-refractivity contribution in [3.8, 4) is 0 Å². The van der Waals surface area contributed by atoms with Crippen molar-refractivity contribution in [2.75, 3.05) is 13.1 Å². The number of hydrogen-bond donors (Lipinski definition) is 2. The summed E-state index contributed by atoms with van der Waals surface area (Å²) in [5, 5.41) is 12.7. The van der Waals surface area contributed by atoms with Crippen molar-refractivity contribution in [3.05, 3.63) is 35.9 Å². The van der Waals surface area contributed by atoms with Gasteiger partial charge in [0.1, 0.15) is 0 Å². The average Bonchev–Trinajstić information content (AvgIpc) is 2.54. The lowest BCUT2D eigenvalue weighted by molar-refractivity contribution is 0.0792. The Kier molecular flexibility index (Phi) is 5.83. The molecule has 4 heteroatoms. The monoisotopic (exact) mass is 304 g/mol. The average molecular weight is 304 g/mol. The Morgan fingerprint density at radius 3 is 2.32 bits per heavy atom. The Labute approximate surface area is 133 Å². The highest BCUT2D eigenvalue weighted by Crippen LogP contribution is 2.22. The minimum atomic E-state index is -0.276. The van der Waals surface area contributed by atoms with E-state index in [1.165, 1.54) is 5.56 Å². The van der Waals surface area contributed by atoms with Gasteiger partial charge in [0.25, 0.3) is 0 Å². The third-order valence-electron chi connectivity index (χ3n) is 4.94. The van der Waals surface area contributed by atoms with Crippen molar-refractivity contribution < 1.29 is 9.90 Å². The lowest BCUT2D eigenvalue weighted by Gasteiger charge is -2.34. The molecule has 0 saturated carbocycles. The highest BCUT2D eigenvalue weighted by atomic mass is 16.3. The number of benzene rings is 1. The van der Waals surface area contributed by atoms with E-state index in [1.807, 2.05) is 30.0 Å². The van der Waals surface area contributed by atoms with Crippen LogP contribution in [0.25, 0.3) is 0 Å². The van der Waals surface area contributed by atoms with E-state index in [2.05, 4.69) is 31.3 Å². The number of carbonyl (C=O) groups is 1. The molecule has 2 amide bonds. The summed E-state index contributed by atoms with van der Waals surface area (Å²) < 4.78 is 0. The van der Waals surface area contributed by atoms with Crippen LogP contribution >= 0.6 is 0 Å². The molecule has 4 nitrogen and oxygen atoms in total. The van der Waals surface area contributed by atoms with Gasteiger partial charge in [0.15, 0.2) is 0 Å². The third kappa shape index (κ3) is 4.23. The topological polar surface area (TPSA) is 52.6 Å². The van der Waals surface area contributed by atoms with Crippen molar-refractivity contribution >= 4 is 6.03 Å². The molecule has 22 heavy (non-hydrogen) atoms. The highest BCUT2D eigenvalue weighted by molar-refractivity contribution is 5.74. The van der Waals surface area contributed by atoms with Gasteiger partial charge in [-0.25, -0.2) is 4.79 Å². The van der Waals surface area contributed by atoms with Crippen LogP contribution in [0.1, 0.15) is 45.1 Å². The van der Waals surface area contributed by atoms with Gasteiger partial charge in [0, 0.05) is 25.0 Å². The SMILES string of the molecule is CC(O)C1CCN(C(=O)NC(C)C(C)c2ccccc2)CC1. The fourth-order valence-corrected chi connectivity index (χ4v) is 3.04. The van der Waals surface area contributed by atoms with E-state index < -0.39 is 0 Å². The molecule has 3 atom stereocenters. The predicted octanol–water partition coefficient (Wildman–Crippen LogP) is 2.98. The van der Waals surface area contributed by atoms with Crippen LogP contribution in [-0.4, -0.2) is 41.3 Å². The van der Waals surface area contributed by atoms with Gasteiger partial charge in [-0.05, 0) is 38.2 Å². The third-order valence-corrected chi connectivity index (χ3v) is 4.94. The van der Waals surface area contributed by atoms with Gasteiger partial charge < -0.3 is 15.3 Å². The van der Waals surface area contributed by atoms with E-state index in [0.29, 0.717) is 5.92 Å². The summed E-state index contributed by atoms with van der Waals surface area (Å²) in [6, 6.07) is 10.4. The summed E-state index contributed by atoms with van der Waals surface area (Å²) in [4.78, 5) is 14.2. The number of nitrogens with one attached hydrogen (secondary N) is 1. The second kappa shape index (κ2) is 7.63. The first-order chi connectivity index (χ1) is 10.5. The summed E-state index contributed by atoms with van der Waals surface area (Å²) >= 11 is 0.